The molecule has 7 heteroatoms. The Morgan fingerprint density at radius 3 is 2.77 bits per heavy atom. The number of nitrogens with zero attached hydrogens (tertiary/aromatic N) is 1. The molecule has 0 unspecified atom stereocenters. The van der Waals surface area contributed by atoms with Crippen LogP contribution in [0.2, 0.25) is 5.02 Å². The Balaban J connectivity index is 1.69. The molecule has 0 spiro atoms. The van der Waals surface area contributed by atoms with Gasteiger partial charge in [0.25, 0.3) is 5.91 Å². The van der Waals surface area contributed by atoms with Crippen molar-refractivity contribution in [3.8, 4) is 0 Å². The van der Waals surface area contributed by atoms with E-state index in [-0.39, 0.29) is 11.7 Å². The van der Waals surface area contributed by atoms with E-state index in [0.717, 1.165) is 43.4 Å². The molecule has 134 valence electrons. The molecule has 2 aliphatic rings. The summed E-state index contributed by atoms with van der Waals surface area (Å²) in [5, 5.41) is 0.347. The molecule has 1 amide bonds. The molecule has 0 radical (unpaired) electrons. The summed E-state index contributed by atoms with van der Waals surface area (Å²) >= 11 is 7.73. The van der Waals surface area contributed by atoms with E-state index in [1.54, 1.807) is 17.0 Å². The molecule has 1 aromatic heterocycles. The minimum atomic E-state index is -0.248. The van der Waals surface area contributed by atoms with Gasteiger partial charge in [0.2, 0.25) is 0 Å². The maximum atomic E-state index is 14.4. The molecule has 3 aromatic rings. The molecule has 1 aliphatic carbocycles. The predicted octanol–water partition coefficient (Wildman–Crippen LogP) is 5.62. The quantitative estimate of drug-likeness (QED) is 0.617. The molecule has 1 N–H and O–H groups in total. The number of likely N-dealkylation sites (tertiary alicyclic amines) is 1. The highest BCUT2D eigenvalue weighted by atomic mass is 35.5. The first-order valence-corrected chi connectivity index (χ1v) is 9.86. The fraction of sp³-hybridized carbons (Fsp3) is 0.316. The Morgan fingerprint density at radius 2 is 2.08 bits per heavy atom. The second-order valence-corrected chi connectivity index (χ2v) is 8.14. The second kappa shape index (κ2) is 5.99. The summed E-state index contributed by atoms with van der Waals surface area (Å²) in [4.78, 5) is 14.3. The molecule has 2 aromatic carbocycles. The SMILES string of the molecule is O=C(c1cc(Cl)c2oc3cc(F)c(C4CC4)cc3[nH]sc2c1)N1CCC1. The Hall–Kier alpha value is -2.05. The molecule has 5 rings (SSSR count). The summed E-state index contributed by atoms with van der Waals surface area (Å²) in [7, 11) is 0. The molecule has 0 atom stereocenters. The van der Waals surface area contributed by atoms with Crippen LogP contribution < -0.4 is 0 Å². The van der Waals surface area contributed by atoms with E-state index in [9.17, 15) is 9.18 Å². The van der Waals surface area contributed by atoms with E-state index >= 15 is 0 Å². The number of hydrogen-bond donors (Lipinski definition) is 1. The molecular weight excluding hydrogens is 375 g/mol. The number of aromatic amines is 1. The lowest BCUT2D eigenvalue weighted by Crippen LogP contribution is -2.41. The summed E-state index contributed by atoms with van der Waals surface area (Å²) < 4.78 is 24.2. The first-order chi connectivity index (χ1) is 12.6. The Morgan fingerprint density at radius 1 is 1.27 bits per heavy atom. The van der Waals surface area contributed by atoms with Crippen LogP contribution in [0.3, 0.4) is 0 Å². The number of halogens is 2. The maximum absolute atomic E-state index is 14.4. The molecule has 2 fully saturated rings. The van der Waals surface area contributed by atoms with Crippen molar-refractivity contribution in [2.75, 3.05) is 13.1 Å². The summed E-state index contributed by atoms with van der Waals surface area (Å²) in [6.07, 6.45) is 3.09. The number of nitrogens with one attached hydrogen (secondary N) is 1. The van der Waals surface area contributed by atoms with E-state index in [2.05, 4.69) is 4.37 Å². The predicted molar refractivity (Wildman–Crippen MR) is 101 cm³/mol. The van der Waals surface area contributed by atoms with Crippen LogP contribution in [0.1, 0.15) is 41.1 Å². The zero-order chi connectivity index (χ0) is 17.8. The molecule has 1 aliphatic heterocycles. The summed E-state index contributed by atoms with van der Waals surface area (Å²) in [5.74, 6) is 0.0367. The zero-order valence-corrected chi connectivity index (χ0v) is 15.4. The van der Waals surface area contributed by atoms with Gasteiger partial charge in [-0.25, -0.2) is 4.39 Å². The largest absolute Gasteiger partial charge is 0.452 e. The summed E-state index contributed by atoms with van der Waals surface area (Å²) in [6, 6.07) is 6.65. The molecule has 1 saturated carbocycles. The van der Waals surface area contributed by atoms with Gasteiger partial charge in [-0.15, -0.1) is 0 Å². The minimum Gasteiger partial charge on any atom is -0.452 e. The first kappa shape index (κ1) is 16.1. The third-order valence-electron chi connectivity index (χ3n) is 5.00. The number of amides is 1. The number of hydrogen-bond acceptors (Lipinski definition) is 3. The van der Waals surface area contributed by atoms with Gasteiger partial charge < -0.3 is 13.7 Å². The van der Waals surface area contributed by atoms with Crippen molar-refractivity contribution in [3.63, 3.8) is 0 Å². The average molecular weight is 391 g/mol. The zero-order valence-electron chi connectivity index (χ0n) is 13.9. The minimum absolute atomic E-state index is 0.0228. The first-order valence-electron chi connectivity index (χ1n) is 8.67. The van der Waals surface area contributed by atoms with Crippen molar-refractivity contribution in [2.45, 2.75) is 25.2 Å². The molecular formula is C19H16ClFN2O2S. The Labute approximate surface area is 158 Å². The van der Waals surface area contributed by atoms with Crippen LogP contribution in [0.4, 0.5) is 4.39 Å². The van der Waals surface area contributed by atoms with E-state index in [4.69, 9.17) is 16.0 Å². The topological polar surface area (TPSA) is 49.2 Å². The molecule has 2 heterocycles. The number of fused-ring (bicyclic) bond motifs is 2. The molecule has 26 heavy (non-hydrogen) atoms. The lowest BCUT2D eigenvalue weighted by Gasteiger charge is -2.30. The van der Waals surface area contributed by atoms with Crippen LogP contribution in [0.25, 0.3) is 21.4 Å². The van der Waals surface area contributed by atoms with Crippen molar-refractivity contribution in [2.24, 2.45) is 0 Å². The number of benzene rings is 2. The fourth-order valence-corrected chi connectivity index (χ4v) is 4.36. The van der Waals surface area contributed by atoms with E-state index < -0.39 is 0 Å². The number of aromatic nitrogens is 1. The van der Waals surface area contributed by atoms with Crippen LogP contribution >= 0.6 is 23.1 Å². The van der Waals surface area contributed by atoms with Gasteiger partial charge in [-0.2, -0.15) is 0 Å². The number of rotatable bonds is 2. The van der Waals surface area contributed by atoms with Crippen LogP contribution in [-0.2, 0) is 0 Å². The van der Waals surface area contributed by atoms with Crippen molar-refractivity contribution in [1.82, 2.24) is 9.27 Å². The summed E-state index contributed by atoms with van der Waals surface area (Å²) in [5.41, 5.74) is 2.85. The van der Waals surface area contributed by atoms with Crippen LogP contribution in [0, 0.1) is 5.82 Å². The van der Waals surface area contributed by atoms with Crippen LogP contribution in [0.15, 0.2) is 28.7 Å². The van der Waals surface area contributed by atoms with Crippen molar-refractivity contribution in [1.29, 1.82) is 0 Å². The third kappa shape index (κ3) is 2.68. The highest BCUT2D eigenvalue weighted by molar-refractivity contribution is 7.13. The number of H-pyrrole nitrogens is 1. The van der Waals surface area contributed by atoms with Gasteiger partial charge >= 0.3 is 0 Å². The third-order valence-corrected chi connectivity index (χ3v) is 6.12. The van der Waals surface area contributed by atoms with Crippen molar-refractivity contribution in [3.05, 3.63) is 46.2 Å². The maximum Gasteiger partial charge on any atom is 0.253 e. The van der Waals surface area contributed by atoms with Gasteiger partial charge in [0.1, 0.15) is 5.82 Å². The smallest absolute Gasteiger partial charge is 0.253 e. The Bertz CT molecular complexity index is 1090. The summed E-state index contributed by atoms with van der Waals surface area (Å²) in [6.45, 7) is 1.56. The lowest BCUT2D eigenvalue weighted by molar-refractivity contribution is 0.0652. The van der Waals surface area contributed by atoms with Gasteiger partial charge in [0.05, 0.1) is 15.2 Å². The fourth-order valence-electron chi connectivity index (χ4n) is 3.23. The van der Waals surface area contributed by atoms with Crippen molar-refractivity contribution >= 4 is 50.4 Å². The second-order valence-electron chi connectivity index (χ2n) is 6.88. The van der Waals surface area contributed by atoms with Gasteiger partial charge in [-0.3, -0.25) is 4.79 Å². The molecule has 1 saturated heterocycles. The lowest BCUT2D eigenvalue weighted by atomic mass is 10.1. The van der Waals surface area contributed by atoms with Crippen LogP contribution in [0.5, 0.6) is 0 Å². The van der Waals surface area contributed by atoms with Gasteiger partial charge in [0.15, 0.2) is 11.2 Å². The van der Waals surface area contributed by atoms with Gasteiger partial charge in [-0.05, 0) is 48.9 Å². The average Bonchev–Trinajstić information content (AvgIpc) is 3.39. The van der Waals surface area contributed by atoms with Crippen molar-refractivity contribution < 1.29 is 13.6 Å². The Kier molecular flexibility index (Phi) is 3.72. The molecule has 0 bridgehead atoms. The van der Waals surface area contributed by atoms with E-state index in [1.165, 1.54) is 17.6 Å². The standard InChI is InChI=1S/C19H16ClFN2O2S/c20-13-6-11(19(24)23-4-1-5-23)7-17-18(13)25-16-9-14(21)12(10-2-3-10)8-15(16)22-26-17/h6-10,22H,1-5H2. The van der Waals surface area contributed by atoms with Gasteiger partial charge in [-0.1, -0.05) is 23.1 Å². The monoisotopic (exact) mass is 390 g/mol. The highest BCUT2D eigenvalue weighted by Crippen LogP contribution is 2.42. The van der Waals surface area contributed by atoms with E-state index in [0.29, 0.717) is 32.4 Å². The number of carbonyl (C=O) groups excluding carboxylic acids is 1. The van der Waals surface area contributed by atoms with Crippen LogP contribution in [-0.4, -0.2) is 28.3 Å². The highest BCUT2D eigenvalue weighted by Gasteiger charge is 2.27. The normalized spacial score (nSPS) is 16.8. The van der Waals surface area contributed by atoms with Gasteiger partial charge in [0, 0.05) is 24.7 Å². The molecule has 4 nitrogen and oxygen atoms in total. The number of carbonyl (C=O) groups is 1. The van der Waals surface area contributed by atoms with E-state index in [1.807, 2.05) is 6.07 Å².